The monoisotopic (exact) mass is 362 g/mol. The number of halogens is 1. The van der Waals surface area contributed by atoms with Crippen molar-refractivity contribution in [2.45, 2.75) is 19.4 Å². The van der Waals surface area contributed by atoms with Crippen LogP contribution in [0.15, 0.2) is 52.8 Å². The Bertz CT molecular complexity index is 535. The quantitative estimate of drug-likeness (QED) is 0.865. The van der Waals surface area contributed by atoms with Crippen molar-refractivity contribution in [3.63, 3.8) is 0 Å². The Morgan fingerprint density at radius 3 is 2.86 bits per heavy atom. The third kappa shape index (κ3) is 4.37. The van der Waals surface area contributed by atoms with Crippen molar-refractivity contribution in [2.24, 2.45) is 5.92 Å². The minimum Gasteiger partial charge on any atom is -0.488 e. The molecular formula is C18H23BrN2O. The number of hydrogen-bond donors (Lipinski definition) is 1. The van der Waals surface area contributed by atoms with Gasteiger partial charge in [0.25, 0.3) is 0 Å². The number of nitrogens with one attached hydrogen (secondary N) is 1. The lowest BCUT2D eigenvalue weighted by Gasteiger charge is -2.31. The average Bonchev–Trinajstić information content (AvgIpc) is 2.56. The SMILES string of the molecule is BrC1=CN(CC2CCCNC2)CC=C1OCc1ccccc1. The summed E-state index contributed by atoms with van der Waals surface area (Å²) in [5.74, 6) is 1.70. The zero-order valence-corrected chi connectivity index (χ0v) is 14.4. The Balaban J connectivity index is 1.50. The van der Waals surface area contributed by atoms with Gasteiger partial charge in [-0.25, -0.2) is 0 Å². The second-order valence-corrected chi connectivity index (χ2v) is 6.84. The highest BCUT2D eigenvalue weighted by Gasteiger charge is 2.18. The van der Waals surface area contributed by atoms with Gasteiger partial charge in [-0.15, -0.1) is 0 Å². The summed E-state index contributed by atoms with van der Waals surface area (Å²) < 4.78 is 6.97. The molecule has 1 N–H and O–H groups in total. The van der Waals surface area contributed by atoms with Gasteiger partial charge in [-0.2, -0.15) is 0 Å². The predicted octanol–water partition coefficient (Wildman–Crippen LogP) is 3.64. The zero-order chi connectivity index (χ0) is 15.2. The van der Waals surface area contributed by atoms with E-state index < -0.39 is 0 Å². The minimum atomic E-state index is 0.613. The number of nitrogens with zero attached hydrogens (tertiary/aromatic N) is 1. The van der Waals surface area contributed by atoms with Gasteiger partial charge >= 0.3 is 0 Å². The first-order chi connectivity index (χ1) is 10.8. The molecular weight excluding hydrogens is 340 g/mol. The topological polar surface area (TPSA) is 24.5 Å². The van der Waals surface area contributed by atoms with Crippen LogP contribution in [0.5, 0.6) is 0 Å². The first-order valence-corrected chi connectivity index (χ1v) is 8.80. The lowest BCUT2D eigenvalue weighted by molar-refractivity contribution is 0.200. The van der Waals surface area contributed by atoms with E-state index in [0.29, 0.717) is 6.61 Å². The van der Waals surface area contributed by atoms with Crippen molar-refractivity contribution in [3.8, 4) is 0 Å². The molecule has 1 aromatic carbocycles. The van der Waals surface area contributed by atoms with Crippen LogP contribution >= 0.6 is 15.9 Å². The Kier molecular flexibility index (Phi) is 5.57. The molecule has 4 heteroatoms. The number of ether oxygens (including phenoxy) is 1. The molecule has 1 fully saturated rings. The van der Waals surface area contributed by atoms with E-state index in [4.69, 9.17) is 4.74 Å². The summed E-state index contributed by atoms with van der Waals surface area (Å²) in [5, 5.41) is 3.48. The van der Waals surface area contributed by atoms with Crippen LogP contribution in [0.1, 0.15) is 18.4 Å². The molecule has 0 bridgehead atoms. The molecule has 3 nitrogen and oxygen atoms in total. The lowest BCUT2D eigenvalue weighted by atomic mass is 9.99. The van der Waals surface area contributed by atoms with Crippen LogP contribution in [-0.4, -0.2) is 31.1 Å². The van der Waals surface area contributed by atoms with Crippen LogP contribution in [-0.2, 0) is 11.3 Å². The van der Waals surface area contributed by atoms with Gasteiger partial charge in [0.2, 0.25) is 0 Å². The smallest absolute Gasteiger partial charge is 0.133 e. The molecule has 22 heavy (non-hydrogen) atoms. The van der Waals surface area contributed by atoms with Gasteiger partial charge in [0.15, 0.2) is 0 Å². The minimum absolute atomic E-state index is 0.613. The fraction of sp³-hybridized carbons (Fsp3) is 0.444. The van der Waals surface area contributed by atoms with Crippen LogP contribution in [0.4, 0.5) is 0 Å². The number of rotatable bonds is 5. The van der Waals surface area contributed by atoms with Crippen molar-refractivity contribution in [2.75, 3.05) is 26.2 Å². The summed E-state index contributed by atoms with van der Waals surface area (Å²) in [6.45, 7) is 4.97. The molecule has 2 heterocycles. The molecule has 2 aliphatic rings. The highest BCUT2D eigenvalue weighted by molar-refractivity contribution is 9.11. The summed E-state index contributed by atoms with van der Waals surface area (Å²) in [4.78, 5) is 2.37. The van der Waals surface area contributed by atoms with E-state index in [1.807, 2.05) is 18.2 Å². The maximum Gasteiger partial charge on any atom is 0.133 e. The molecule has 0 spiro atoms. The van der Waals surface area contributed by atoms with Crippen molar-refractivity contribution in [1.82, 2.24) is 10.2 Å². The Labute approximate surface area is 141 Å². The third-order valence-electron chi connectivity index (χ3n) is 4.17. The van der Waals surface area contributed by atoms with Gasteiger partial charge < -0.3 is 15.0 Å². The summed E-state index contributed by atoms with van der Waals surface area (Å²) in [5.41, 5.74) is 1.19. The third-order valence-corrected chi connectivity index (χ3v) is 4.77. The maximum absolute atomic E-state index is 5.93. The fourth-order valence-corrected chi connectivity index (χ4v) is 3.54. The molecule has 118 valence electrons. The lowest BCUT2D eigenvalue weighted by Crippen LogP contribution is -2.37. The zero-order valence-electron chi connectivity index (χ0n) is 12.8. The van der Waals surface area contributed by atoms with E-state index in [1.54, 1.807) is 0 Å². The van der Waals surface area contributed by atoms with E-state index >= 15 is 0 Å². The van der Waals surface area contributed by atoms with Crippen LogP contribution in [0, 0.1) is 5.92 Å². The first kappa shape index (κ1) is 15.6. The van der Waals surface area contributed by atoms with E-state index in [0.717, 1.165) is 35.8 Å². The standard InChI is InChI=1S/C18H23BrN2O/c19-17-13-21(12-16-7-4-9-20-11-16)10-8-18(17)22-14-15-5-2-1-3-6-15/h1-3,5-6,8,13,16,20H,4,7,9-12,14H2. The number of piperidine rings is 1. The molecule has 0 aliphatic carbocycles. The van der Waals surface area contributed by atoms with E-state index in [1.165, 1.54) is 24.9 Å². The predicted molar refractivity (Wildman–Crippen MR) is 93.5 cm³/mol. The maximum atomic E-state index is 5.93. The highest BCUT2D eigenvalue weighted by Crippen LogP contribution is 2.25. The van der Waals surface area contributed by atoms with E-state index in [9.17, 15) is 0 Å². The fourth-order valence-electron chi connectivity index (χ4n) is 2.98. The molecule has 0 saturated carbocycles. The number of allylic oxidation sites excluding steroid dienone is 1. The molecule has 1 saturated heterocycles. The van der Waals surface area contributed by atoms with E-state index in [-0.39, 0.29) is 0 Å². The van der Waals surface area contributed by atoms with Gasteiger partial charge in [-0.3, -0.25) is 0 Å². The van der Waals surface area contributed by atoms with Gasteiger partial charge in [0.1, 0.15) is 12.4 Å². The van der Waals surface area contributed by atoms with Crippen molar-refractivity contribution >= 4 is 15.9 Å². The molecule has 1 atom stereocenters. The number of benzene rings is 1. The summed E-state index contributed by atoms with van der Waals surface area (Å²) in [6, 6.07) is 10.3. The van der Waals surface area contributed by atoms with Crippen LogP contribution in [0.2, 0.25) is 0 Å². The molecule has 0 aromatic heterocycles. The molecule has 0 radical (unpaired) electrons. The van der Waals surface area contributed by atoms with Crippen molar-refractivity contribution < 1.29 is 4.74 Å². The van der Waals surface area contributed by atoms with Crippen molar-refractivity contribution in [1.29, 1.82) is 0 Å². The van der Waals surface area contributed by atoms with Crippen LogP contribution in [0.25, 0.3) is 0 Å². The first-order valence-electron chi connectivity index (χ1n) is 8.00. The molecule has 3 rings (SSSR count). The Morgan fingerprint density at radius 1 is 1.27 bits per heavy atom. The number of hydrogen-bond acceptors (Lipinski definition) is 3. The summed E-state index contributed by atoms with van der Waals surface area (Å²) in [7, 11) is 0. The summed E-state index contributed by atoms with van der Waals surface area (Å²) in [6.07, 6.45) is 6.97. The van der Waals surface area contributed by atoms with Gasteiger partial charge in [0.05, 0.1) is 4.48 Å². The van der Waals surface area contributed by atoms with Crippen molar-refractivity contribution in [3.05, 3.63) is 58.4 Å². The second kappa shape index (κ2) is 7.84. The molecule has 2 aliphatic heterocycles. The highest BCUT2D eigenvalue weighted by atomic mass is 79.9. The molecule has 1 unspecified atom stereocenters. The van der Waals surface area contributed by atoms with Gasteiger partial charge in [-0.05, 0) is 59.4 Å². The van der Waals surface area contributed by atoms with Crippen LogP contribution in [0.3, 0.4) is 0 Å². The van der Waals surface area contributed by atoms with E-state index in [2.05, 4.69) is 50.6 Å². The largest absolute Gasteiger partial charge is 0.488 e. The molecule has 1 aromatic rings. The van der Waals surface area contributed by atoms with Gasteiger partial charge in [0, 0.05) is 19.3 Å². The molecule has 0 amide bonds. The summed E-state index contributed by atoms with van der Waals surface area (Å²) >= 11 is 3.64. The normalized spacial score (nSPS) is 22.0. The average molecular weight is 363 g/mol. The Hall–Kier alpha value is -1.26. The second-order valence-electron chi connectivity index (χ2n) is 5.99. The van der Waals surface area contributed by atoms with Crippen LogP contribution < -0.4 is 5.32 Å². The Morgan fingerprint density at radius 2 is 2.14 bits per heavy atom. The van der Waals surface area contributed by atoms with Gasteiger partial charge in [-0.1, -0.05) is 30.3 Å².